The average Bonchev–Trinajstić information content (AvgIpc) is 2.54. The molecular weight excluding hydrogens is 377 g/mol. The lowest BCUT2D eigenvalue weighted by molar-refractivity contribution is 0.100. The largest absolute Gasteiger partial charge is 0.370 e. The predicted octanol–water partition coefficient (Wildman–Crippen LogP) is 2.36. The van der Waals surface area contributed by atoms with Gasteiger partial charge in [-0.1, -0.05) is 30.8 Å². The van der Waals surface area contributed by atoms with Crippen LogP contribution in [0.15, 0.2) is 56.1 Å². The van der Waals surface area contributed by atoms with E-state index >= 15 is 0 Å². The van der Waals surface area contributed by atoms with Crippen LogP contribution in [0.5, 0.6) is 0 Å². The SMILES string of the molecule is CCc1cc(Sc2ccccc2F)c(S(C)(=O)=O)cc1C(=O)N=C(N)N. The van der Waals surface area contributed by atoms with E-state index in [1.165, 1.54) is 12.1 Å². The minimum atomic E-state index is -3.68. The molecule has 0 fully saturated rings. The summed E-state index contributed by atoms with van der Waals surface area (Å²) in [6.45, 7) is 1.80. The standard InChI is InChI=1S/C17H18FN3O3S2/c1-3-10-8-14(25-13-7-5-4-6-12(13)18)15(26(2,23)24)9-11(10)16(22)21-17(19)20/h4-9H,3H2,1-2H3,(H4,19,20,21,22). The van der Waals surface area contributed by atoms with Crippen molar-refractivity contribution in [3.63, 3.8) is 0 Å². The van der Waals surface area contributed by atoms with Gasteiger partial charge in [-0.3, -0.25) is 4.79 Å². The summed E-state index contributed by atoms with van der Waals surface area (Å²) in [6, 6.07) is 8.85. The Hall–Kier alpha value is -2.39. The minimum Gasteiger partial charge on any atom is -0.370 e. The third kappa shape index (κ3) is 4.61. The molecule has 138 valence electrons. The Morgan fingerprint density at radius 2 is 1.85 bits per heavy atom. The molecule has 6 nitrogen and oxygen atoms in total. The molecule has 0 radical (unpaired) electrons. The molecule has 4 N–H and O–H groups in total. The fraction of sp³-hybridized carbons (Fsp3) is 0.176. The van der Waals surface area contributed by atoms with E-state index in [-0.39, 0.29) is 15.4 Å². The Bertz CT molecular complexity index is 985. The molecule has 1 amide bonds. The first-order valence-electron chi connectivity index (χ1n) is 7.56. The molecule has 0 unspecified atom stereocenters. The van der Waals surface area contributed by atoms with Crippen LogP contribution in [0, 0.1) is 5.82 Å². The van der Waals surface area contributed by atoms with Crippen molar-refractivity contribution in [2.75, 3.05) is 6.26 Å². The van der Waals surface area contributed by atoms with Crippen molar-refractivity contribution in [2.24, 2.45) is 16.5 Å². The van der Waals surface area contributed by atoms with Crippen molar-refractivity contribution in [3.8, 4) is 0 Å². The number of aryl methyl sites for hydroxylation is 1. The first-order valence-corrected chi connectivity index (χ1v) is 10.3. The van der Waals surface area contributed by atoms with Crippen molar-refractivity contribution >= 4 is 33.5 Å². The van der Waals surface area contributed by atoms with Crippen LogP contribution in [-0.4, -0.2) is 26.5 Å². The number of benzene rings is 2. The number of nitrogens with zero attached hydrogens (tertiary/aromatic N) is 1. The highest BCUT2D eigenvalue weighted by Gasteiger charge is 2.21. The van der Waals surface area contributed by atoms with Crippen LogP contribution in [0.25, 0.3) is 0 Å². The Balaban J connectivity index is 2.67. The molecule has 2 aromatic carbocycles. The van der Waals surface area contributed by atoms with E-state index in [0.29, 0.717) is 16.9 Å². The van der Waals surface area contributed by atoms with Crippen molar-refractivity contribution in [2.45, 2.75) is 28.0 Å². The number of carbonyl (C=O) groups excluding carboxylic acids is 1. The second kappa shape index (κ2) is 7.88. The van der Waals surface area contributed by atoms with E-state index in [1.807, 2.05) is 0 Å². The number of hydrogen-bond acceptors (Lipinski definition) is 4. The molecule has 0 aromatic heterocycles. The number of hydrogen-bond donors (Lipinski definition) is 2. The first-order chi connectivity index (χ1) is 12.1. The van der Waals surface area contributed by atoms with Crippen LogP contribution in [0.1, 0.15) is 22.8 Å². The minimum absolute atomic E-state index is 0.0860. The van der Waals surface area contributed by atoms with Crippen LogP contribution < -0.4 is 11.5 Å². The molecule has 0 atom stereocenters. The fourth-order valence-electron chi connectivity index (χ4n) is 2.29. The van der Waals surface area contributed by atoms with Gasteiger partial charge in [-0.25, -0.2) is 12.8 Å². The summed E-state index contributed by atoms with van der Waals surface area (Å²) >= 11 is 0.981. The van der Waals surface area contributed by atoms with Gasteiger partial charge >= 0.3 is 0 Å². The van der Waals surface area contributed by atoms with E-state index in [0.717, 1.165) is 18.0 Å². The number of sulfone groups is 1. The van der Waals surface area contributed by atoms with Crippen molar-refractivity contribution in [3.05, 3.63) is 53.3 Å². The average molecular weight is 395 g/mol. The zero-order valence-electron chi connectivity index (χ0n) is 14.2. The number of guanidine groups is 1. The van der Waals surface area contributed by atoms with Gasteiger partial charge in [0.25, 0.3) is 5.91 Å². The molecule has 0 spiro atoms. The maximum Gasteiger partial charge on any atom is 0.280 e. The number of carbonyl (C=O) groups is 1. The zero-order valence-corrected chi connectivity index (χ0v) is 15.8. The number of halogens is 1. The lowest BCUT2D eigenvalue weighted by Gasteiger charge is -2.13. The summed E-state index contributed by atoms with van der Waals surface area (Å²) in [6.07, 6.45) is 1.46. The third-order valence-electron chi connectivity index (χ3n) is 3.47. The predicted molar refractivity (Wildman–Crippen MR) is 99.6 cm³/mol. The fourth-order valence-corrected chi connectivity index (χ4v) is 4.53. The summed E-state index contributed by atoms with van der Waals surface area (Å²) in [5, 5.41) is 0. The summed E-state index contributed by atoms with van der Waals surface area (Å²) in [4.78, 5) is 16.2. The third-order valence-corrected chi connectivity index (χ3v) is 5.84. The Morgan fingerprint density at radius 1 is 1.19 bits per heavy atom. The molecule has 26 heavy (non-hydrogen) atoms. The second-order valence-corrected chi connectivity index (χ2v) is 8.52. The van der Waals surface area contributed by atoms with Crippen molar-refractivity contribution in [1.29, 1.82) is 0 Å². The molecule has 0 aliphatic carbocycles. The monoisotopic (exact) mass is 395 g/mol. The van der Waals surface area contributed by atoms with Gasteiger partial charge in [-0.15, -0.1) is 0 Å². The van der Waals surface area contributed by atoms with Gasteiger partial charge < -0.3 is 11.5 Å². The Morgan fingerprint density at radius 3 is 2.38 bits per heavy atom. The number of nitrogens with two attached hydrogens (primary N) is 2. The molecule has 0 aliphatic rings. The summed E-state index contributed by atoms with van der Waals surface area (Å²) in [7, 11) is -3.68. The van der Waals surface area contributed by atoms with E-state index in [9.17, 15) is 17.6 Å². The van der Waals surface area contributed by atoms with Gasteiger partial charge in [0.05, 0.1) is 4.90 Å². The molecular formula is C17H18FN3O3S2. The van der Waals surface area contributed by atoms with Gasteiger partial charge in [0, 0.05) is 21.6 Å². The summed E-state index contributed by atoms with van der Waals surface area (Å²) in [5.74, 6) is -1.60. The van der Waals surface area contributed by atoms with Crippen LogP contribution in [0.3, 0.4) is 0 Å². The van der Waals surface area contributed by atoms with E-state index in [2.05, 4.69) is 4.99 Å². The molecule has 2 rings (SSSR count). The molecule has 0 aliphatic heterocycles. The lowest BCUT2D eigenvalue weighted by Crippen LogP contribution is -2.24. The van der Waals surface area contributed by atoms with Crippen molar-refractivity contribution in [1.82, 2.24) is 0 Å². The van der Waals surface area contributed by atoms with E-state index < -0.39 is 27.5 Å². The molecule has 0 saturated heterocycles. The maximum absolute atomic E-state index is 14.0. The second-order valence-electron chi connectivity index (χ2n) is 5.46. The molecule has 0 bridgehead atoms. The van der Waals surface area contributed by atoms with Gasteiger partial charge in [-0.05, 0) is 36.2 Å². The topological polar surface area (TPSA) is 116 Å². The highest BCUT2D eigenvalue weighted by Crippen LogP contribution is 2.36. The van der Waals surface area contributed by atoms with E-state index in [1.54, 1.807) is 31.2 Å². The van der Waals surface area contributed by atoms with Gasteiger partial charge in [0.2, 0.25) is 0 Å². The van der Waals surface area contributed by atoms with Gasteiger partial charge in [0.15, 0.2) is 15.8 Å². The van der Waals surface area contributed by atoms with Crippen LogP contribution in [-0.2, 0) is 16.3 Å². The molecule has 0 saturated carbocycles. The first kappa shape index (κ1) is 19.9. The normalized spacial score (nSPS) is 11.2. The van der Waals surface area contributed by atoms with Crippen LogP contribution in [0.4, 0.5) is 4.39 Å². The zero-order chi connectivity index (χ0) is 19.5. The smallest absolute Gasteiger partial charge is 0.280 e. The number of rotatable bonds is 5. The Labute approximate surface area is 155 Å². The molecule has 2 aromatic rings. The van der Waals surface area contributed by atoms with Crippen LogP contribution in [0.2, 0.25) is 0 Å². The number of amides is 1. The quantitative estimate of drug-likeness (QED) is 0.593. The van der Waals surface area contributed by atoms with Gasteiger partial charge in [0.1, 0.15) is 5.82 Å². The highest BCUT2D eigenvalue weighted by atomic mass is 32.2. The van der Waals surface area contributed by atoms with Gasteiger partial charge in [-0.2, -0.15) is 4.99 Å². The van der Waals surface area contributed by atoms with Crippen LogP contribution >= 0.6 is 11.8 Å². The van der Waals surface area contributed by atoms with E-state index in [4.69, 9.17) is 11.5 Å². The molecule has 9 heteroatoms. The molecule has 0 heterocycles. The van der Waals surface area contributed by atoms with Crippen molar-refractivity contribution < 1.29 is 17.6 Å². The summed E-state index contributed by atoms with van der Waals surface area (Å²) < 4.78 is 38.4. The number of aliphatic imine (C=N–C) groups is 1. The highest BCUT2D eigenvalue weighted by molar-refractivity contribution is 8.00. The lowest BCUT2D eigenvalue weighted by atomic mass is 10.0. The Kier molecular flexibility index (Phi) is 6.04. The maximum atomic E-state index is 14.0. The summed E-state index contributed by atoms with van der Waals surface area (Å²) in [5.41, 5.74) is 11.1.